The second kappa shape index (κ2) is 9.49. The van der Waals surface area contributed by atoms with E-state index in [1.54, 1.807) is 11.8 Å². The fourth-order valence-electron chi connectivity index (χ4n) is 5.09. The van der Waals surface area contributed by atoms with Gasteiger partial charge in [-0.25, -0.2) is 0 Å². The number of fused-ring (bicyclic) bond motifs is 1. The number of nitrogens with zero attached hydrogens (tertiary/aromatic N) is 2. The molecule has 0 aliphatic carbocycles. The van der Waals surface area contributed by atoms with E-state index in [0.717, 1.165) is 35.5 Å². The van der Waals surface area contributed by atoms with Crippen LogP contribution in [-0.4, -0.2) is 58.4 Å². The van der Waals surface area contributed by atoms with Crippen molar-refractivity contribution < 1.29 is 9.59 Å². The minimum absolute atomic E-state index is 0.101. The van der Waals surface area contributed by atoms with Crippen LogP contribution in [0, 0.1) is 0 Å². The molecule has 2 aliphatic heterocycles. The van der Waals surface area contributed by atoms with Crippen molar-refractivity contribution in [3.8, 4) is 0 Å². The second-order valence-electron chi connectivity index (χ2n) is 8.89. The number of carbonyl (C=O) groups is 2. The average Bonchev–Trinajstić information content (AvgIpc) is 3.47. The molecule has 1 spiro atoms. The van der Waals surface area contributed by atoms with E-state index in [0.29, 0.717) is 19.6 Å². The summed E-state index contributed by atoms with van der Waals surface area (Å²) in [6.45, 7) is 1.90. The van der Waals surface area contributed by atoms with Crippen LogP contribution in [0.1, 0.15) is 34.5 Å². The van der Waals surface area contributed by atoms with E-state index in [-0.39, 0.29) is 17.9 Å². The highest BCUT2D eigenvalue weighted by Crippen LogP contribution is 2.35. The van der Waals surface area contributed by atoms with Gasteiger partial charge in [-0.15, -0.1) is 11.3 Å². The predicted octanol–water partition coefficient (Wildman–Crippen LogP) is 4.59. The first-order valence-corrected chi connectivity index (χ1v) is 13.8. The molecular weight excluding hydrogens is 450 g/mol. The quantitative estimate of drug-likeness (QED) is 0.562. The molecule has 172 valence electrons. The molecule has 33 heavy (non-hydrogen) atoms. The summed E-state index contributed by atoms with van der Waals surface area (Å²) in [6, 6.07) is 18.4. The monoisotopic (exact) mass is 479 g/mol. The van der Waals surface area contributed by atoms with Crippen LogP contribution in [0.2, 0.25) is 0 Å². The Labute approximate surface area is 203 Å². The fraction of sp³-hybridized carbons (Fsp3) is 0.385. The van der Waals surface area contributed by atoms with E-state index in [1.807, 2.05) is 28.5 Å². The number of hydrogen-bond donors (Lipinski definition) is 1. The van der Waals surface area contributed by atoms with Crippen molar-refractivity contribution in [2.24, 2.45) is 0 Å². The molecular formula is C26H29N3O2S2. The van der Waals surface area contributed by atoms with Crippen molar-refractivity contribution in [2.75, 3.05) is 25.1 Å². The Hall–Kier alpha value is -2.35. The van der Waals surface area contributed by atoms with Gasteiger partial charge in [-0.2, -0.15) is 11.8 Å². The first-order chi connectivity index (χ1) is 16.1. The lowest BCUT2D eigenvalue weighted by Gasteiger charge is -2.44. The second-order valence-corrected chi connectivity index (χ2v) is 10.8. The number of thioether (sulfide) groups is 1. The molecule has 2 amide bonds. The van der Waals surface area contributed by atoms with Gasteiger partial charge in [-0.3, -0.25) is 14.9 Å². The zero-order valence-corrected chi connectivity index (χ0v) is 20.5. The summed E-state index contributed by atoms with van der Waals surface area (Å²) in [5.74, 6) is 1.24. The van der Waals surface area contributed by atoms with Crippen molar-refractivity contribution >= 4 is 45.7 Å². The van der Waals surface area contributed by atoms with E-state index >= 15 is 0 Å². The standard InChI is InChI=1S/C26H29N3O2S2/c1-32-16-10-22-24(30)29(18-19-8-9-20-5-2-3-6-21(20)17-19)26(27-22)11-13-28(14-12-26)25(31)23-7-4-15-33-23/h2-9,15,17,22,27H,10-14,16,18H2,1H3. The smallest absolute Gasteiger partial charge is 0.263 e. The lowest BCUT2D eigenvalue weighted by atomic mass is 9.95. The molecule has 1 unspecified atom stereocenters. The largest absolute Gasteiger partial charge is 0.338 e. The SMILES string of the molecule is CSCCC1NC2(CCN(C(=O)c3cccs3)CC2)N(Cc2ccc3ccccc3c2)C1=O. The average molecular weight is 480 g/mol. The zero-order valence-electron chi connectivity index (χ0n) is 18.8. The van der Waals surface area contributed by atoms with Crippen molar-refractivity contribution in [3.63, 3.8) is 0 Å². The maximum atomic E-state index is 13.5. The lowest BCUT2D eigenvalue weighted by molar-refractivity contribution is -0.134. The van der Waals surface area contributed by atoms with Gasteiger partial charge >= 0.3 is 0 Å². The van der Waals surface area contributed by atoms with Gasteiger partial charge in [0, 0.05) is 32.5 Å². The van der Waals surface area contributed by atoms with Gasteiger partial charge < -0.3 is 9.80 Å². The molecule has 3 aromatic rings. The van der Waals surface area contributed by atoms with Crippen molar-refractivity contribution in [3.05, 3.63) is 70.4 Å². The molecule has 0 radical (unpaired) electrons. The maximum Gasteiger partial charge on any atom is 0.263 e. The summed E-state index contributed by atoms with van der Waals surface area (Å²) in [5, 5.41) is 8.06. The van der Waals surface area contributed by atoms with Crippen LogP contribution in [0.3, 0.4) is 0 Å². The van der Waals surface area contributed by atoms with Crippen LogP contribution >= 0.6 is 23.1 Å². The Morgan fingerprint density at radius 3 is 2.64 bits per heavy atom. The molecule has 2 fully saturated rings. The summed E-state index contributed by atoms with van der Waals surface area (Å²) < 4.78 is 0. The van der Waals surface area contributed by atoms with Gasteiger partial charge in [0.25, 0.3) is 5.91 Å². The number of carbonyl (C=O) groups excluding carboxylic acids is 2. The predicted molar refractivity (Wildman–Crippen MR) is 137 cm³/mol. The summed E-state index contributed by atoms with van der Waals surface area (Å²) in [5.41, 5.74) is 0.753. The summed E-state index contributed by atoms with van der Waals surface area (Å²) >= 11 is 3.26. The number of nitrogens with one attached hydrogen (secondary N) is 1. The molecule has 5 nitrogen and oxygen atoms in total. The number of amides is 2. The number of hydrogen-bond acceptors (Lipinski definition) is 5. The topological polar surface area (TPSA) is 52.7 Å². The first-order valence-electron chi connectivity index (χ1n) is 11.5. The van der Waals surface area contributed by atoms with E-state index in [9.17, 15) is 9.59 Å². The highest BCUT2D eigenvalue weighted by molar-refractivity contribution is 7.98. The summed E-state index contributed by atoms with van der Waals surface area (Å²) in [4.78, 5) is 31.2. The molecule has 3 heterocycles. The van der Waals surface area contributed by atoms with Crippen LogP contribution < -0.4 is 5.32 Å². The minimum Gasteiger partial charge on any atom is -0.338 e. The molecule has 7 heteroatoms. The Morgan fingerprint density at radius 1 is 1.12 bits per heavy atom. The summed E-state index contributed by atoms with van der Waals surface area (Å²) in [7, 11) is 0. The van der Waals surface area contributed by atoms with Gasteiger partial charge in [-0.05, 0) is 52.3 Å². The first kappa shape index (κ1) is 22.4. The normalized spacial score (nSPS) is 20.2. The van der Waals surface area contributed by atoms with Crippen LogP contribution in [0.4, 0.5) is 0 Å². The van der Waals surface area contributed by atoms with Gasteiger partial charge in [0.1, 0.15) is 0 Å². The molecule has 2 aromatic carbocycles. The molecule has 2 saturated heterocycles. The molecule has 1 atom stereocenters. The third-order valence-corrected chi connectivity index (χ3v) is 8.40. The Balaban J connectivity index is 1.37. The van der Waals surface area contributed by atoms with Crippen molar-refractivity contribution in [1.29, 1.82) is 0 Å². The highest BCUT2D eigenvalue weighted by Gasteiger charge is 2.51. The Bertz CT molecular complexity index is 1140. The minimum atomic E-state index is -0.391. The van der Waals surface area contributed by atoms with Gasteiger partial charge in [0.05, 0.1) is 16.6 Å². The van der Waals surface area contributed by atoms with E-state index < -0.39 is 5.66 Å². The van der Waals surface area contributed by atoms with E-state index in [1.165, 1.54) is 22.1 Å². The maximum absolute atomic E-state index is 13.5. The Morgan fingerprint density at radius 2 is 1.91 bits per heavy atom. The molecule has 0 saturated carbocycles. The van der Waals surface area contributed by atoms with E-state index in [4.69, 9.17) is 0 Å². The third-order valence-electron chi connectivity index (χ3n) is 6.90. The highest BCUT2D eigenvalue weighted by atomic mass is 32.2. The van der Waals surface area contributed by atoms with Crippen LogP contribution in [0.5, 0.6) is 0 Å². The van der Waals surface area contributed by atoms with Crippen LogP contribution in [0.25, 0.3) is 10.8 Å². The molecule has 5 rings (SSSR count). The van der Waals surface area contributed by atoms with Crippen molar-refractivity contribution in [1.82, 2.24) is 15.1 Å². The number of rotatable bonds is 6. The molecule has 1 aromatic heterocycles. The molecule has 2 aliphatic rings. The molecule has 1 N–H and O–H groups in total. The number of likely N-dealkylation sites (tertiary alicyclic amines) is 1. The number of piperidine rings is 1. The number of benzene rings is 2. The zero-order chi connectivity index (χ0) is 22.8. The Kier molecular flexibility index (Phi) is 6.45. The van der Waals surface area contributed by atoms with Gasteiger partial charge in [0.15, 0.2) is 0 Å². The fourth-order valence-corrected chi connectivity index (χ4v) is 6.26. The van der Waals surface area contributed by atoms with E-state index in [2.05, 4.69) is 52.9 Å². The van der Waals surface area contributed by atoms with Crippen LogP contribution in [0.15, 0.2) is 60.0 Å². The lowest BCUT2D eigenvalue weighted by Crippen LogP contribution is -2.59. The summed E-state index contributed by atoms with van der Waals surface area (Å²) in [6.07, 6.45) is 4.41. The number of thiophene rings is 1. The third kappa shape index (κ3) is 4.42. The molecule has 0 bridgehead atoms. The van der Waals surface area contributed by atoms with Crippen molar-refractivity contribution in [2.45, 2.75) is 37.5 Å². The van der Waals surface area contributed by atoms with Gasteiger partial charge in [0.2, 0.25) is 5.91 Å². The van der Waals surface area contributed by atoms with Gasteiger partial charge in [-0.1, -0.05) is 42.5 Å². The van der Waals surface area contributed by atoms with Crippen LogP contribution in [-0.2, 0) is 11.3 Å².